The standard InChI is InChI=1S/C25H30N2O3/c1-20-8-6-7-11-23(20)30-19-18-26(2)25(29)22-14-16-27(17-15-22)24(28)13-12-21-9-4-3-5-10-21/h3-13,22H,14-19H2,1-2H3/b13-12+. The minimum atomic E-state index is -0.0318. The van der Waals surface area contributed by atoms with E-state index < -0.39 is 0 Å². The molecule has 1 saturated heterocycles. The number of carbonyl (C=O) groups is 2. The molecule has 0 aromatic heterocycles. The first-order valence-electron chi connectivity index (χ1n) is 10.5. The van der Waals surface area contributed by atoms with Gasteiger partial charge >= 0.3 is 0 Å². The van der Waals surface area contributed by atoms with Crippen molar-refractivity contribution in [2.24, 2.45) is 5.92 Å². The van der Waals surface area contributed by atoms with Crippen LogP contribution >= 0.6 is 0 Å². The third-order valence-electron chi connectivity index (χ3n) is 5.53. The second-order valence-corrected chi connectivity index (χ2v) is 7.72. The number of carbonyl (C=O) groups excluding carboxylic acids is 2. The summed E-state index contributed by atoms with van der Waals surface area (Å²) in [6.45, 7) is 4.25. The van der Waals surface area contributed by atoms with Crippen molar-refractivity contribution in [3.8, 4) is 5.75 Å². The molecule has 0 bridgehead atoms. The SMILES string of the molecule is Cc1ccccc1OCCN(C)C(=O)C1CCN(C(=O)/C=C/c2ccccc2)CC1. The zero-order chi connectivity index (χ0) is 21.3. The molecule has 2 aromatic rings. The molecule has 1 heterocycles. The zero-order valence-corrected chi connectivity index (χ0v) is 17.8. The van der Waals surface area contributed by atoms with E-state index in [2.05, 4.69) is 0 Å². The molecule has 158 valence electrons. The summed E-state index contributed by atoms with van der Waals surface area (Å²) >= 11 is 0. The van der Waals surface area contributed by atoms with Gasteiger partial charge < -0.3 is 14.5 Å². The minimum absolute atomic E-state index is 0.00439. The second-order valence-electron chi connectivity index (χ2n) is 7.72. The monoisotopic (exact) mass is 406 g/mol. The molecule has 30 heavy (non-hydrogen) atoms. The predicted octanol–water partition coefficient (Wildman–Crippen LogP) is 3.78. The highest BCUT2D eigenvalue weighted by molar-refractivity contribution is 5.92. The van der Waals surface area contributed by atoms with Gasteiger partial charge in [-0.15, -0.1) is 0 Å². The first kappa shape index (κ1) is 21.6. The summed E-state index contributed by atoms with van der Waals surface area (Å²) < 4.78 is 5.80. The summed E-state index contributed by atoms with van der Waals surface area (Å²) in [6, 6.07) is 17.7. The molecule has 1 aliphatic rings. The molecule has 2 amide bonds. The molecule has 0 saturated carbocycles. The number of likely N-dealkylation sites (tertiary alicyclic amines) is 1. The molecular formula is C25H30N2O3. The molecule has 0 radical (unpaired) electrons. The van der Waals surface area contributed by atoms with E-state index in [1.54, 1.807) is 11.0 Å². The summed E-state index contributed by atoms with van der Waals surface area (Å²) in [6.07, 6.45) is 4.85. The van der Waals surface area contributed by atoms with Crippen LogP contribution in [0.2, 0.25) is 0 Å². The Morgan fingerprint density at radius 2 is 1.73 bits per heavy atom. The molecule has 1 fully saturated rings. The van der Waals surface area contributed by atoms with Crippen LogP contribution in [0.3, 0.4) is 0 Å². The maximum Gasteiger partial charge on any atom is 0.246 e. The van der Waals surface area contributed by atoms with Crippen molar-refractivity contribution in [1.29, 1.82) is 0 Å². The quantitative estimate of drug-likeness (QED) is 0.658. The Morgan fingerprint density at radius 3 is 2.43 bits per heavy atom. The summed E-state index contributed by atoms with van der Waals surface area (Å²) in [7, 11) is 1.82. The Hall–Kier alpha value is -3.08. The number of benzene rings is 2. The van der Waals surface area contributed by atoms with E-state index in [9.17, 15) is 9.59 Å². The van der Waals surface area contributed by atoms with Crippen LogP contribution in [-0.4, -0.2) is 54.9 Å². The number of aryl methyl sites for hydroxylation is 1. The lowest BCUT2D eigenvalue weighted by Crippen LogP contribution is -2.43. The van der Waals surface area contributed by atoms with Crippen molar-refractivity contribution in [2.45, 2.75) is 19.8 Å². The van der Waals surface area contributed by atoms with E-state index in [1.807, 2.05) is 79.5 Å². The van der Waals surface area contributed by atoms with Crippen molar-refractivity contribution >= 4 is 17.9 Å². The Balaban J connectivity index is 1.41. The average Bonchev–Trinajstić information content (AvgIpc) is 2.79. The smallest absolute Gasteiger partial charge is 0.246 e. The van der Waals surface area contributed by atoms with Gasteiger partial charge in [0.05, 0.1) is 6.54 Å². The normalized spacial score (nSPS) is 14.7. The fraction of sp³-hybridized carbons (Fsp3) is 0.360. The minimum Gasteiger partial charge on any atom is -0.491 e. The van der Waals surface area contributed by atoms with Crippen molar-refractivity contribution in [2.75, 3.05) is 33.3 Å². The van der Waals surface area contributed by atoms with Crippen molar-refractivity contribution in [3.63, 3.8) is 0 Å². The van der Waals surface area contributed by atoms with Crippen LogP contribution in [0.25, 0.3) is 6.08 Å². The van der Waals surface area contributed by atoms with Gasteiger partial charge in [0.15, 0.2) is 0 Å². The molecule has 0 atom stereocenters. The maximum absolute atomic E-state index is 12.7. The van der Waals surface area contributed by atoms with Crippen LogP contribution in [0, 0.1) is 12.8 Å². The molecule has 0 N–H and O–H groups in total. The number of para-hydroxylation sites is 1. The Kier molecular flexibility index (Phi) is 7.66. The van der Waals surface area contributed by atoms with Crippen molar-refractivity contribution < 1.29 is 14.3 Å². The molecule has 0 spiro atoms. The second kappa shape index (κ2) is 10.6. The fourth-order valence-electron chi connectivity index (χ4n) is 3.62. The number of nitrogens with zero attached hydrogens (tertiary/aromatic N) is 2. The zero-order valence-electron chi connectivity index (χ0n) is 17.8. The number of hydrogen-bond acceptors (Lipinski definition) is 3. The Labute approximate surface area is 178 Å². The number of amides is 2. The van der Waals surface area contributed by atoms with Crippen LogP contribution in [0.15, 0.2) is 60.7 Å². The lowest BCUT2D eigenvalue weighted by atomic mass is 9.95. The van der Waals surface area contributed by atoms with Crippen LogP contribution in [0.4, 0.5) is 0 Å². The van der Waals surface area contributed by atoms with Crippen molar-refractivity contribution in [1.82, 2.24) is 9.80 Å². The Morgan fingerprint density at radius 1 is 1.07 bits per heavy atom. The number of ether oxygens (including phenoxy) is 1. The summed E-state index contributed by atoms with van der Waals surface area (Å²) in [5, 5.41) is 0. The number of rotatable bonds is 7. The lowest BCUT2D eigenvalue weighted by molar-refractivity contribution is -0.138. The third-order valence-corrected chi connectivity index (χ3v) is 5.53. The molecule has 3 rings (SSSR count). The van der Waals surface area contributed by atoms with Gasteiger partial charge in [-0.1, -0.05) is 48.5 Å². The maximum atomic E-state index is 12.7. The molecule has 0 aliphatic carbocycles. The van der Waals surface area contributed by atoms with Gasteiger partial charge in [0.2, 0.25) is 11.8 Å². The van der Waals surface area contributed by atoms with Gasteiger partial charge in [-0.05, 0) is 43.0 Å². The van der Waals surface area contributed by atoms with Crippen LogP contribution in [0.5, 0.6) is 5.75 Å². The van der Waals surface area contributed by atoms with Gasteiger partial charge in [-0.3, -0.25) is 9.59 Å². The Bertz CT molecular complexity index is 871. The third kappa shape index (κ3) is 5.96. The number of likely N-dealkylation sites (N-methyl/N-ethyl adjacent to an activating group) is 1. The van der Waals surface area contributed by atoms with E-state index >= 15 is 0 Å². The molecule has 2 aromatic carbocycles. The van der Waals surface area contributed by atoms with Gasteiger partial charge in [0, 0.05) is 32.1 Å². The summed E-state index contributed by atoms with van der Waals surface area (Å²) in [4.78, 5) is 28.7. The fourth-order valence-corrected chi connectivity index (χ4v) is 3.62. The highest BCUT2D eigenvalue weighted by atomic mass is 16.5. The molecule has 0 unspecified atom stereocenters. The van der Waals surface area contributed by atoms with E-state index in [0.717, 1.165) is 16.9 Å². The van der Waals surface area contributed by atoms with Crippen LogP contribution in [-0.2, 0) is 9.59 Å². The summed E-state index contributed by atoms with van der Waals surface area (Å²) in [5.74, 6) is 0.962. The molecule has 5 heteroatoms. The largest absolute Gasteiger partial charge is 0.491 e. The topological polar surface area (TPSA) is 49.9 Å². The van der Waals surface area contributed by atoms with Gasteiger partial charge in [0.1, 0.15) is 12.4 Å². The lowest BCUT2D eigenvalue weighted by Gasteiger charge is -2.32. The van der Waals surface area contributed by atoms with Gasteiger partial charge in [-0.25, -0.2) is 0 Å². The van der Waals surface area contributed by atoms with Crippen LogP contribution < -0.4 is 4.74 Å². The van der Waals surface area contributed by atoms with Gasteiger partial charge in [0.25, 0.3) is 0 Å². The highest BCUT2D eigenvalue weighted by Crippen LogP contribution is 2.20. The van der Waals surface area contributed by atoms with Gasteiger partial charge in [-0.2, -0.15) is 0 Å². The number of piperidine rings is 1. The van der Waals surface area contributed by atoms with E-state index in [4.69, 9.17) is 4.74 Å². The summed E-state index contributed by atoms with van der Waals surface area (Å²) in [5.41, 5.74) is 2.09. The average molecular weight is 407 g/mol. The molecule has 5 nitrogen and oxygen atoms in total. The number of hydrogen-bond donors (Lipinski definition) is 0. The highest BCUT2D eigenvalue weighted by Gasteiger charge is 2.28. The predicted molar refractivity (Wildman–Crippen MR) is 119 cm³/mol. The first-order chi connectivity index (χ1) is 14.5. The van der Waals surface area contributed by atoms with E-state index in [-0.39, 0.29) is 17.7 Å². The molecular weight excluding hydrogens is 376 g/mol. The van der Waals surface area contributed by atoms with E-state index in [0.29, 0.717) is 39.1 Å². The van der Waals surface area contributed by atoms with E-state index in [1.165, 1.54) is 0 Å². The van der Waals surface area contributed by atoms with Crippen LogP contribution in [0.1, 0.15) is 24.0 Å². The molecule has 1 aliphatic heterocycles. The first-order valence-corrected chi connectivity index (χ1v) is 10.5. The van der Waals surface area contributed by atoms with Crippen molar-refractivity contribution in [3.05, 3.63) is 71.8 Å².